The number of carbonyl (C=O) groups excluding carboxylic acids is 2. The summed E-state index contributed by atoms with van der Waals surface area (Å²) < 4.78 is 0.367. The molecule has 1 aliphatic heterocycles. The first-order valence-electron chi connectivity index (χ1n) is 10.2. The van der Waals surface area contributed by atoms with E-state index in [1.807, 2.05) is 0 Å². The molecule has 2 amide bonds. The first-order valence-corrected chi connectivity index (χ1v) is 11.0. The summed E-state index contributed by atoms with van der Waals surface area (Å²) in [5, 5.41) is 27.4. The van der Waals surface area contributed by atoms with Crippen LogP contribution in [0.5, 0.6) is 5.75 Å². The van der Waals surface area contributed by atoms with Crippen LogP contribution >= 0.6 is 15.9 Å². The molecule has 32 heavy (non-hydrogen) atoms. The van der Waals surface area contributed by atoms with Crippen LogP contribution < -0.4 is 16.0 Å². The summed E-state index contributed by atoms with van der Waals surface area (Å²) >= 11 is 3.30. The predicted molar refractivity (Wildman–Crippen MR) is 122 cm³/mol. The Morgan fingerprint density at radius 3 is 2.50 bits per heavy atom. The molecule has 0 spiro atoms. The first-order chi connectivity index (χ1) is 15.3. The lowest BCUT2D eigenvalue weighted by molar-refractivity contribution is -0.133. The van der Waals surface area contributed by atoms with Crippen molar-refractivity contribution in [1.29, 1.82) is 0 Å². The van der Waals surface area contributed by atoms with Crippen molar-refractivity contribution in [2.75, 3.05) is 13.1 Å². The Kier molecular flexibility index (Phi) is 8.02. The standard InChI is InChI=1S/C23H24BrN3O5/c24-19-12-16(21(29)26-13-15-2-1-3-17(28)10-15)4-5-18(19)22(30)27-20(23(31)32)11-14-6-8-25-9-7-14/h1-5,10-12,14,25,28H,6-9,13H2,(H,26,29)(H,27,30)(H,31,32)/b20-11+. The van der Waals surface area contributed by atoms with Gasteiger partial charge in [0.15, 0.2) is 0 Å². The molecule has 0 aliphatic carbocycles. The minimum atomic E-state index is -1.20. The smallest absolute Gasteiger partial charge is 0.352 e. The monoisotopic (exact) mass is 501 g/mol. The van der Waals surface area contributed by atoms with Crippen molar-refractivity contribution < 1.29 is 24.6 Å². The van der Waals surface area contributed by atoms with E-state index in [9.17, 15) is 24.6 Å². The van der Waals surface area contributed by atoms with Crippen LogP contribution in [0.4, 0.5) is 0 Å². The van der Waals surface area contributed by atoms with Crippen LogP contribution in [0.15, 0.2) is 58.7 Å². The molecule has 0 radical (unpaired) electrons. The molecule has 0 bridgehead atoms. The Labute approximate surface area is 193 Å². The van der Waals surface area contributed by atoms with E-state index in [0.717, 1.165) is 31.5 Å². The highest BCUT2D eigenvalue weighted by molar-refractivity contribution is 9.10. The van der Waals surface area contributed by atoms with Gasteiger partial charge < -0.3 is 26.2 Å². The van der Waals surface area contributed by atoms with Gasteiger partial charge in [-0.05, 0) is 83.7 Å². The van der Waals surface area contributed by atoms with Gasteiger partial charge in [-0.2, -0.15) is 0 Å². The van der Waals surface area contributed by atoms with Crippen molar-refractivity contribution >= 4 is 33.7 Å². The molecule has 0 unspecified atom stereocenters. The predicted octanol–water partition coefficient (Wildman–Crippen LogP) is 2.78. The van der Waals surface area contributed by atoms with Crippen LogP contribution in [-0.2, 0) is 11.3 Å². The summed E-state index contributed by atoms with van der Waals surface area (Å²) in [4.78, 5) is 36.7. The second-order valence-electron chi connectivity index (χ2n) is 7.47. The molecule has 1 heterocycles. The number of benzene rings is 2. The summed E-state index contributed by atoms with van der Waals surface area (Å²) in [7, 11) is 0. The Morgan fingerprint density at radius 1 is 1.09 bits per heavy atom. The van der Waals surface area contributed by atoms with E-state index < -0.39 is 11.9 Å². The maximum atomic E-state index is 12.7. The normalized spacial score (nSPS) is 14.6. The maximum Gasteiger partial charge on any atom is 0.352 e. The van der Waals surface area contributed by atoms with Crippen molar-refractivity contribution in [2.45, 2.75) is 19.4 Å². The number of nitrogens with one attached hydrogen (secondary N) is 3. The summed E-state index contributed by atoms with van der Waals surface area (Å²) in [5.41, 5.74) is 1.14. The number of phenols is 1. The Morgan fingerprint density at radius 2 is 1.84 bits per heavy atom. The number of hydrogen-bond acceptors (Lipinski definition) is 5. The second-order valence-corrected chi connectivity index (χ2v) is 8.33. The number of rotatable bonds is 7. The molecule has 2 aromatic carbocycles. The number of carbonyl (C=O) groups is 3. The largest absolute Gasteiger partial charge is 0.508 e. The summed E-state index contributed by atoms with van der Waals surface area (Å²) in [6, 6.07) is 11.0. The fraction of sp³-hybridized carbons (Fsp3) is 0.261. The van der Waals surface area contributed by atoms with Crippen LogP contribution in [0.3, 0.4) is 0 Å². The van der Waals surface area contributed by atoms with Gasteiger partial charge in [0.2, 0.25) is 0 Å². The quantitative estimate of drug-likeness (QED) is 0.371. The van der Waals surface area contributed by atoms with E-state index in [1.165, 1.54) is 18.2 Å². The fourth-order valence-electron chi connectivity index (χ4n) is 3.39. The number of halogens is 1. The molecule has 0 aromatic heterocycles. The van der Waals surface area contributed by atoms with Crippen LogP contribution in [0.2, 0.25) is 0 Å². The van der Waals surface area contributed by atoms with Gasteiger partial charge in [-0.25, -0.2) is 4.79 Å². The lowest BCUT2D eigenvalue weighted by Gasteiger charge is -2.20. The fourth-order valence-corrected chi connectivity index (χ4v) is 3.95. The SMILES string of the molecule is O=C(O)/C(=C\C1CCNCC1)NC(=O)c1ccc(C(=O)NCc2cccc(O)c2)cc1Br. The summed E-state index contributed by atoms with van der Waals surface area (Å²) in [6.45, 7) is 1.85. The van der Waals surface area contributed by atoms with Crippen molar-refractivity contribution in [3.63, 3.8) is 0 Å². The lowest BCUT2D eigenvalue weighted by atomic mass is 9.97. The summed E-state index contributed by atoms with van der Waals surface area (Å²) in [5.74, 6) is -1.92. The number of carboxylic acid groups (broad SMARTS) is 1. The molecule has 2 aromatic rings. The molecule has 8 nitrogen and oxygen atoms in total. The van der Waals surface area contributed by atoms with E-state index in [1.54, 1.807) is 30.3 Å². The van der Waals surface area contributed by atoms with Crippen molar-refractivity contribution in [3.05, 3.63) is 75.4 Å². The third-order valence-corrected chi connectivity index (χ3v) is 5.76. The van der Waals surface area contributed by atoms with E-state index in [4.69, 9.17) is 0 Å². The highest BCUT2D eigenvalue weighted by Gasteiger charge is 2.19. The molecule has 3 rings (SSSR count). The van der Waals surface area contributed by atoms with Gasteiger partial charge in [0.25, 0.3) is 11.8 Å². The molecule has 1 fully saturated rings. The number of aromatic hydroxyl groups is 1. The Balaban J connectivity index is 1.66. The highest BCUT2D eigenvalue weighted by Crippen LogP contribution is 2.20. The molecule has 0 saturated carbocycles. The van der Waals surface area contributed by atoms with Gasteiger partial charge in [-0.1, -0.05) is 18.2 Å². The highest BCUT2D eigenvalue weighted by atomic mass is 79.9. The van der Waals surface area contributed by atoms with Crippen molar-refractivity contribution in [1.82, 2.24) is 16.0 Å². The molecule has 1 saturated heterocycles. The second kappa shape index (κ2) is 10.9. The van der Waals surface area contributed by atoms with Gasteiger partial charge >= 0.3 is 5.97 Å². The number of phenolic OH excluding ortho intramolecular Hbond substituents is 1. The molecule has 5 N–H and O–H groups in total. The van der Waals surface area contributed by atoms with Crippen molar-refractivity contribution in [2.24, 2.45) is 5.92 Å². The van der Waals surface area contributed by atoms with E-state index in [2.05, 4.69) is 31.9 Å². The van der Waals surface area contributed by atoms with Crippen molar-refractivity contribution in [3.8, 4) is 5.75 Å². The number of aliphatic carboxylic acids is 1. The van der Waals surface area contributed by atoms with E-state index >= 15 is 0 Å². The lowest BCUT2D eigenvalue weighted by Crippen LogP contribution is -2.31. The van der Waals surface area contributed by atoms with E-state index in [0.29, 0.717) is 10.0 Å². The molecule has 0 atom stereocenters. The maximum absolute atomic E-state index is 12.7. The number of amides is 2. The number of allylic oxidation sites excluding steroid dienone is 1. The zero-order valence-corrected chi connectivity index (χ0v) is 18.8. The van der Waals surface area contributed by atoms with Crippen LogP contribution in [0.1, 0.15) is 39.1 Å². The minimum absolute atomic E-state index is 0.0867. The van der Waals surface area contributed by atoms with E-state index in [-0.39, 0.29) is 35.4 Å². The van der Waals surface area contributed by atoms with Crippen LogP contribution in [-0.4, -0.2) is 41.1 Å². The molecule has 168 valence electrons. The van der Waals surface area contributed by atoms with Gasteiger partial charge in [-0.3, -0.25) is 9.59 Å². The Hall–Kier alpha value is -3.17. The van der Waals surface area contributed by atoms with Gasteiger partial charge in [0.1, 0.15) is 11.4 Å². The average molecular weight is 502 g/mol. The van der Waals surface area contributed by atoms with Gasteiger partial charge in [0.05, 0.1) is 5.56 Å². The molecular formula is C23H24BrN3O5. The number of piperidine rings is 1. The van der Waals surface area contributed by atoms with Crippen LogP contribution in [0.25, 0.3) is 0 Å². The Bertz CT molecular complexity index is 1050. The minimum Gasteiger partial charge on any atom is -0.508 e. The first kappa shape index (κ1) is 23.5. The number of carboxylic acids is 1. The molecule has 9 heteroatoms. The summed E-state index contributed by atoms with van der Waals surface area (Å²) in [6.07, 6.45) is 3.21. The van der Waals surface area contributed by atoms with Crippen LogP contribution in [0, 0.1) is 5.92 Å². The average Bonchev–Trinajstić information content (AvgIpc) is 2.77. The molecular weight excluding hydrogens is 478 g/mol. The van der Waals surface area contributed by atoms with Gasteiger partial charge in [-0.15, -0.1) is 0 Å². The third kappa shape index (κ3) is 6.41. The third-order valence-electron chi connectivity index (χ3n) is 5.10. The molecule has 1 aliphatic rings. The zero-order chi connectivity index (χ0) is 23.1. The number of hydrogen-bond donors (Lipinski definition) is 5. The topological polar surface area (TPSA) is 128 Å². The zero-order valence-electron chi connectivity index (χ0n) is 17.2. The van der Waals surface area contributed by atoms with Gasteiger partial charge in [0, 0.05) is 16.6 Å².